The summed E-state index contributed by atoms with van der Waals surface area (Å²) in [5.74, 6) is 1.87. The second kappa shape index (κ2) is 9.30. The molecule has 0 aliphatic carbocycles. The van der Waals surface area contributed by atoms with E-state index in [9.17, 15) is 0 Å². The zero-order chi connectivity index (χ0) is 14.8. The number of hydrogen-bond donors (Lipinski definition) is 2. The first-order valence-corrected chi connectivity index (χ1v) is 7.25. The van der Waals surface area contributed by atoms with Crippen molar-refractivity contribution in [3.8, 4) is 0 Å². The zero-order valence-corrected chi connectivity index (χ0v) is 12.9. The van der Waals surface area contributed by atoms with E-state index in [0.717, 1.165) is 39.3 Å². The third-order valence-electron chi connectivity index (χ3n) is 2.85. The highest BCUT2D eigenvalue weighted by atomic mass is 16.5. The monoisotopic (exact) mass is 282 g/mol. The van der Waals surface area contributed by atoms with Gasteiger partial charge in [-0.15, -0.1) is 0 Å². The van der Waals surface area contributed by atoms with Crippen molar-refractivity contribution in [2.45, 2.75) is 27.2 Å². The molecule has 0 amide bonds. The minimum atomic E-state index is 0.578. The van der Waals surface area contributed by atoms with Crippen LogP contribution in [0.15, 0.2) is 0 Å². The fourth-order valence-electron chi connectivity index (χ4n) is 1.72. The van der Waals surface area contributed by atoms with Gasteiger partial charge in [0.05, 0.1) is 0 Å². The predicted molar refractivity (Wildman–Crippen MR) is 82.5 cm³/mol. The fraction of sp³-hybridized carbons (Fsp3) is 0.769. The number of ether oxygens (including phenoxy) is 1. The van der Waals surface area contributed by atoms with Gasteiger partial charge < -0.3 is 20.3 Å². The number of rotatable bonds is 10. The van der Waals surface area contributed by atoms with Crippen LogP contribution in [-0.2, 0) is 4.74 Å². The SMILES string of the molecule is CCOCCCNc1nc(NC)nc(N(CC)CC)n1. The molecule has 0 unspecified atom stereocenters. The van der Waals surface area contributed by atoms with Crippen molar-refractivity contribution in [3.05, 3.63) is 0 Å². The molecule has 20 heavy (non-hydrogen) atoms. The van der Waals surface area contributed by atoms with Gasteiger partial charge in [-0.2, -0.15) is 15.0 Å². The van der Waals surface area contributed by atoms with Crippen LogP contribution in [0.3, 0.4) is 0 Å². The van der Waals surface area contributed by atoms with Crippen molar-refractivity contribution in [1.82, 2.24) is 15.0 Å². The van der Waals surface area contributed by atoms with Crippen molar-refractivity contribution in [1.29, 1.82) is 0 Å². The maximum atomic E-state index is 5.30. The van der Waals surface area contributed by atoms with E-state index in [1.165, 1.54) is 0 Å². The smallest absolute Gasteiger partial charge is 0.231 e. The second-order valence-electron chi connectivity index (χ2n) is 4.18. The first-order valence-electron chi connectivity index (χ1n) is 7.25. The fourth-order valence-corrected chi connectivity index (χ4v) is 1.72. The number of anilines is 3. The first-order chi connectivity index (χ1) is 9.74. The summed E-state index contributed by atoms with van der Waals surface area (Å²) in [4.78, 5) is 15.2. The number of nitrogens with one attached hydrogen (secondary N) is 2. The Morgan fingerprint density at radius 3 is 2.35 bits per heavy atom. The van der Waals surface area contributed by atoms with E-state index in [0.29, 0.717) is 17.8 Å². The molecule has 1 aromatic rings. The molecule has 0 saturated carbocycles. The summed E-state index contributed by atoms with van der Waals surface area (Å²) in [5.41, 5.74) is 0. The van der Waals surface area contributed by atoms with Crippen LogP contribution >= 0.6 is 0 Å². The molecule has 1 heterocycles. The lowest BCUT2D eigenvalue weighted by Gasteiger charge is -2.19. The van der Waals surface area contributed by atoms with Gasteiger partial charge in [-0.05, 0) is 27.2 Å². The quantitative estimate of drug-likeness (QED) is 0.631. The van der Waals surface area contributed by atoms with E-state index in [2.05, 4.69) is 44.3 Å². The van der Waals surface area contributed by atoms with Gasteiger partial charge in [0, 0.05) is 39.9 Å². The third kappa shape index (κ3) is 5.16. The lowest BCUT2D eigenvalue weighted by molar-refractivity contribution is 0.147. The van der Waals surface area contributed by atoms with Crippen LogP contribution in [-0.4, -0.2) is 54.8 Å². The zero-order valence-electron chi connectivity index (χ0n) is 12.9. The van der Waals surface area contributed by atoms with Gasteiger partial charge in [-0.3, -0.25) is 0 Å². The summed E-state index contributed by atoms with van der Waals surface area (Å²) < 4.78 is 5.30. The highest BCUT2D eigenvalue weighted by Gasteiger charge is 2.10. The molecule has 0 aromatic carbocycles. The van der Waals surface area contributed by atoms with E-state index in [-0.39, 0.29) is 0 Å². The summed E-state index contributed by atoms with van der Waals surface area (Å²) >= 11 is 0. The largest absolute Gasteiger partial charge is 0.382 e. The van der Waals surface area contributed by atoms with Gasteiger partial charge in [-0.1, -0.05) is 0 Å². The van der Waals surface area contributed by atoms with Crippen molar-refractivity contribution in [2.75, 3.05) is 55.4 Å². The van der Waals surface area contributed by atoms with Gasteiger partial charge in [0.2, 0.25) is 17.8 Å². The molecule has 0 atom stereocenters. The first kappa shape index (κ1) is 16.4. The third-order valence-corrected chi connectivity index (χ3v) is 2.85. The number of aromatic nitrogens is 3. The second-order valence-corrected chi connectivity index (χ2v) is 4.18. The number of nitrogens with zero attached hydrogens (tertiary/aromatic N) is 4. The van der Waals surface area contributed by atoms with Crippen molar-refractivity contribution < 1.29 is 4.74 Å². The Bertz CT molecular complexity index is 383. The van der Waals surface area contributed by atoms with Crippen LogP contribution in [0, 0.1) is 0 Å². The molecule has 7 nitrogen and oxygen atoms in total. The van der Waals surface area contributed by atoms with Crippen molar-refractivity contribution in [2.24, 2.45) is 0 Å². The van der Waals surface area contributed by atoms with E-state index in [1.54, 1.807) is 7.05 Å². The molecule has 0 aliphatic rings. The maximum absolute atomic E-state index is 5.30. The molecule has 0 radical (unpaired) electrons. The highest BCUT2D eigenvalue weighted by Crippen LogP contribution is 2.12. The van der Waals surface area contributed by atoms with Gasteiger partial charge in [0.15, 0.2) is 0 Å². The lowest BCUT2D eigenvalue weighted by atomic mass is 10.4. The van der Waals surface area contributed by atoms with E-state index >= 15 is 0 Å². The van der Waals surface area contributed by atoms with Gasteiger partial charge in [0.25, 0.3) is 0 Å². The van der Waals surface area contributed by atoms with E-state index in [4.69, 9.17) is 4.74 Å². The molecule has 2 N–H and O–H groups in total. The Balaban J connectivity index is 2.67. The predicted octanol–water partition coefficient (Wildman–Crippen LogP) is 1.60. The molecule has 1 rings (SSSR count). The standard InChI is InChI=1S/C13H26N6O/c1-5-19(6-2)13-17-11(14-4)16-12(18-13)15-9-8-10-20-7-3/h5-10H2,1-4H3,(H2,14,15,16,17,18). The molecule has 0 saturated heterocycles. The molecule has 0 fully saturated rings. The summed E-state index contributed by atoms with van der Waals surface area (Å²) in [6.45, 7) is 10.2. The normalized spacial score (nSPS) is 10.4. The van der Waals surface area contributed by atoms with E-state index < -0.39 is 0 Å². The summed E-state index contributed by atoms with van der Waals surface area (Å²) in [5, 5.41) is 6.18. The molecular formula is C13H26N6O. The molecular weight excluding hydrogens is 256 g/mol. The van der Waals surface area contributed by atoms with Crippen LogP contribution in [0.4, 0.5) is 17.8 Å². The van der Waals surface area contributed by atoms with Gasteiger partial charge >= 0.3 is 0 Å². The Morgan fingerprint density at radius 2 is 1.75 bits per heavy atom. The molecule has 0 aliphatic heterocycles. The molecule has 114 valence electrons. The summed E-state index contributed by atoms with van der Waals surface area (Å²) in [6.07, 6.45) is 0.926. The molecule has 0 bridgehead atoms. The Morgan fingerprint density at radius 1 is 1.05 bits per heavy atom. The molecule has 0 spiro atoms. The molecule has 1 aromatic heterocycles. The van der Waals surface area contributed by atoms with Crippen molar-refractivity contribution >= 4 is 17.8 Å². The average molecular weight is 282 g/mol. The average Bonchev–Trinajstić information content (AvgIpc) is 2.48. The van der Waals surface area contributed by atoms with Crippen LogP contribution in [0.1, 0.15) is 27.2 Å². The Kier molecular flexibility index (Phi) is 7.64. The van der Waals surface area contributed by atoms with Crippen LogP contribution in [0.25, 0.3) is 0 Å². The van der Waals surface area contributed by atoms with Crippen LogP contribution < -0.4 is 15.5 Å². The number of hydrogen-bond acceptors (Lipinski definition) is 7. The summed E-state index contributed by atoms with van der Waals surface area (Å²) in [7, 11) is 1.81. The minimum absolute atomic E-state index is 0.578. The Hall–Kier alpha value is -1.63. The lowest BCUT2D eigenvalue weighted by Crippen LogP contribution is -2.25. The van der Waals surface area contributed by atoms with Crippen LogP contribution in [0.5, 0.6) is 0 Å². The topological polar surface area (TPSA) is 75.2 Å². The van der Waals surface area contributed by atoms with Crippen LogP contribution in [0.2, 0.25) is 0 Å². The summed E-state index contributed by atoms with van der Waals surface area (Å²) in [6, 6.07) is 0. The van der Waals surface area contributed by atoms with Crippen molar-refractivity contribution in [3.63, 3.8) is 0 Å². The van der Waals surface area contributed by atoms with Gasteiger partial charge in [-0.25, -0.2) is 0 Å². The maximum Gasteiger partial charge on any atom is 0.231 e. The molecule has 7 heteroatoms. The highest BCUT2D eigenvalue weighted by molar-refractivity contribution is 5.43. The minimum Gasteiger partial charge on any atom is -0.382 e. The Labute approximate surface area is 121 Å². The van der Waals surface area contributed by atoms with E-state index in [1.807, 2.05) is 6.92 Å². The van der Waals surface area contributed by atoms with Gasteiger partial charge in [0.1, 0.15) is 0 Å².